The van der Waals surface area contributed by atoms with Gasteiger partial charge in [0.05, 0.1) is 25.2 Å². The fourth-order valence-corrected chi connectivity index (χ4v) is 5.76. The van der Waals surface area contributed by atoms with E-state index in [4.69, 9.17) is 4.42 Å². The Bertz CT molecular complexity index is 1350. The second-order valence-corrected chi connectivity index (χ2v) is 12.0. The number of fused-ring (bicyclic) bond motifs is 3. The zero-order valence-corrected chi connectivity index (χ0v) is 26.3. The van der Waals surface area contributed by atoms with E-state index >= 15 is 0 Å². The van der Waals surface area contributed by atoms with Crippen LogP contribution in [0.1, 0.15) is 82.8 Å². The molecule has 5 N–H and O–H groups in total. The van der Waals surface area contributed by atoms with E-state index in [0.717, 1.165) is 12.0 Å². The number of amides is 5. The molecule has 5 amide bonds. The topological polar surface area (TPSA) is 188 Å². The van der Waals surface area contributed by atoms with Crippen LogP contribution in [0.2, 0.25) is 0 Å². The number of carbonyl (C=O) groups is 5. The van der Waals surface area contributed by atoms with Crippen molar-refractivity contribution in [2.24, 2.45) is 5.92 Å². The van der Waals surface area contributed by atoms with Crippen molar-refractivity contribution < 1.29 is 28.4 Å². The molecule has 1 saturated heterocycles. The molecule has 3 heterocycles. The van der Waals surface area contributed by atoms with Gasteiger partial charge in [0.15, 0.2) is 0 Å². The van der Waals surface area contributed by atoms with Crippen molar-refractivity contribution in [2.45, 2.75) is 90.0 Å². The van der Waals surface area contributed by atoms with Crippen molar-refractivity contribution in [1.82, 2.24) is 41.7 Å². The minimum absolute atomic E-state index is 0.0583. The molecule has 2 aliphatic heterocycles. The van der Waals surface area contributed by atoms with Gasteiger partial charge < -0.3 is 31.0 Å². The summed E-state index contributed by atoms with van der Waals surface area (Å²) in [6, 6.07) is 5.83. The fraction of sp³-hybridized carbons (Fsp3) is 0.581. The Morgan fingerprint density at radius 2 is 1.51 bits per heavy atom. The van der Waals surface area contributed by atoms with Crippen LogP contribution >= 0.6 is 0 Å². The van der Waals surface area contributed by atoms with Gasteiger partial charge in [0.2, 0.25) is 41.3 Å². The molecule has 2 bridgehead atoms. The first-order chi connectivity index (χ1) is 21.5. The Kier molecular flexibility index (Phi) is 11.6. The zero-order valence-electron chi connectivity index (χ0n) is 26.3. The van der Waals surface area contributed by atoms with Crippen molar-refractivity contribution in [3.05, 3.63) is 47.7 Å². The predicted octanol–water partition coefficient (Wildman–Crippen LogP) is 0.667. The van der Waals surface area contributed by atoms with Gasteiger partial charge in [0.1, 0.15) is 18.1 Å². The molecular formula is C31H44N8O6. The van der Waals surface area contributed by atoms with Gasteiger partial charge in [-0.15, -0.1) is 10.2 Å². The smallest absolute Gasteiger partial charge is 0.243 e. The van der Waals surface area contributed by atoms with Crippen LogP contribution in [-0.4, -0.2) is 82.4 Å². The number of aromatic nitrogens is 2. The largest absolute Gasteiger partial charge is 0.421 e. The number of nitrogens with zero attached hydrogens (tertiary/aromatic N) is 3. The van der Waals surface area contributed by atoms with Crippen LogP contribution in [0, 0.1) is 5.92 Å². The predicted molar refractivity (Wildman–Crippen MR) is 163 cm³/mol. The Morgan fingerprint density at radius 1 is 0.867 bits per heavy atom. The highest BCUT2D eigenvalue weighted by molar-refractivity contribution is 5.93. The summed E-state index contributed by atoms with van der Waals surface area (Å²) in [5.41, 5.74) is 0.828. The van der Waals surface area contributed by atoms with Gasteiger partial charge in [-0.05, 0) is 50.6 Å². The van der Waals surface area contributed by atoms with E-state index in [2.05, 4.69) is 36.8 Å². The van der Waals surface area contributed by atoms with Gasteiger partial charge in [-0.2, -0.15) is 0 Å². The molecule has 5 atom stereocenters. The summed E-state index contributed by atoms with van der Waals surface area (Å²) in [6.45, 7) is 7.40. The van der Waals surface area contributed by atoms with E-state index in [1.165, 1.54) is 0 Å². The number of rotatable bonds is 5. The van der Waals surface area contributed by atoms with Crippen LogP contribution in [0.4, 0.5) is 0 Å². The lowest BCUT2D eigenvalue weighted by molar-refractivity contribution is -0.132. The highest BCUT2D eigenvalue weighted by Crippen LogP contribution is 2.32. The normalized spacial score (nSPS) is 26.2. The van der Waals surface area contributed by atoms with E-state index in [1.54, 1.807) is 6.92 Å². The molecule has 45 heavy (non-hydrogen) atoms. The second-order valence-electron chi connectivity index (χ2n) is 12.0. The molecule has 0 radical (unpaired) electrons. The third kappa shape index (κ3) is 9.10. The van der Waals surface area contributed by atoms with Crippen LogP contribution < -0.4 is 26.6 Å². The van der Waals surface area contributed by atoms with E-state index in [9.17, 15) is 24.0 Å². The van der Waals surface area contributed by atoms with Crippen molar-refractivity contribution >= 4 is 29.5 Å². The number of nitrogens with one attached hydrogen (secondary N) is 5. The molecule has 2 aliphatic rings. The maximum absolute atomic E-state index is 13.5. The van der Waals surface area contributed by atoms with Crippen LogP contribution in [0.25, 0.3) is 0 Å². The van der Waals surface area contributed by atoms with Crippen molar-refractivity contribution in [2.75, 3.05) is 19.6 Å². The van der Waals surface area contributed by atoms with Crippen LogP contribution in [0.3, 0.4) is 0 Å². The molecule has 1 aromatic heterocycles. The molecular weight excluding hydrogens is 580 g/mol. The highest BCUT2D eigenvalue weighted by atomic mass is 16.4. The molecule has 1 aromatic carbocycles. The molecule has 1 unspecified atom stereocenters. The van der Waals surface area contributed by atoms with E-state index < -0.39 is 54.3 Å². The summed E-state index contributed by atoms with van der Waals surface area (Å²) in [5.74, 6) is -1.84. The second kappa shape index (κ2) is 15.6. The molecule has 2 aromatic rings. The summed E-state index contributed by atoms with van der Waals surface area (Å²) in [4.78, 5) is 67.6. The quantitative estimate of drug-likeness (QED) is 0.319. The summed E-state index contributed by atoms with van der Waals surface area (Å²) in [6.07, 6.45) is 2.49. The SMILES string of the molecule is CCC1c2nnc(o2)[C@H](C)NC(=O)[C@H](Cc2ccccc2)NC(=O)CNC(=O)[C@H](CC(C)C)NC(=O)CNC(=O)[C@@H]2CCCN12. The third-order valence-electron chi connectivity index (χ3n) is 7.99. The van der Waals surface area contributed by atoms with Crippen molar-refractivity contribution in [3.63, 3.8) is 0 Å². The van der Waals surface area contributed by atoms with Gasteiger partial charge in [0, 0.05) is 6.42 Å². The Morgan fingerprint density at radius 3 is 2.18 bits per heavy atom. The molecule has 0 saturated carbocycles. The summed E-state index contributed by atoms with van der Waals surface area (Å²) in [5, 5.41) is 22.0. The first-order valence-electron chi connectivity index (χ1n) is 15.6. The summed E-state index contributed by atoms with van der Waals surface area (Å²) in [7, 11) is 0. The first kappa shape index (κ1) is 33.6. The van der Waals surface area contributed by atoms with Crippen molar-refractivity contribution in [3.8, 4) is 0 Å². The number of hydrogen-bond donors (Lipinski definition) is 5. The average molecular weight is 625 g/mol. The molecule has 244 valence electrons. The molecule has 14 nitrogen and oxygen atoms in total. The Balaban J connectivity index is 1.61. The summed E-state index contributed by atoms with van der Waals surface area (Å²) < 4.78 is 6.03. The maximum atomic E-state index is 13.5. The molecule has 0 aliphatic carbocycles. The first-order valence-corrected chi connectivity index (χ1v) is 15.6. The van der Waals surface area contributed by atoms with E-state index in [0.29, 0.717) is 31.7 Å². The number of carbonyl (C=O) groups excluding carboxylic acids is 5. The molecule has 1 fully saturated rings. The van der Waals surface area contributed by atoms with Crippen LogP contribution in [-0.2, 0) is 30.4 Å². The van der Waals surface area contributed by atoms with Gasteiger partial charge >= 0.3 is 0 Å². The van der Waals surface area contributed by atoms with Crippen molar-refractivity contribution in [1.29, 1.82) is 0 Å². The molecule has 4 rings (SSSR count). The molecule has 14 heteroatoms. The lowest BCUT2D eigenvalue weighted by Crippen LogP contribution is -2.54. The monoisotopic (exact) mass is 624 g/mol. The summed E-state index contributed by atoms with van der Waals surface area (Å²) >= 11 is 0. The highest BCUT2D eigenvalue weighted by Gasteiger charge is 2.38. The van der Waals surface area contributed by atoms with Gasteiger partial charge in [0.25, 0.3) is 0 Å². The van der Waals surface area contributed by atoms with Gasteiger partial charge in [-0.25, -0.2) is 0 Å². The van der Waals surface area contributed by atoms with Crippen LogP contribution in [0.5, 0.6) is 0 Å². The fourth-order valence-electron chi connectivity index (χ4n) is 5.76. The minimum Gasteiger partial charge on any atom is -0.421 e. The Hall–Kier alpha value is -4.33. The van der Waals surface area contributed by atoms with E-state index in [1.807, 2.05) is 56.0 Å². The molecule has 0 spiro atoms. The average Bonchev–Trinajstić information content (AvgIpc) is 3.69. The van der Waals surface area contributed by atoms with Gasteiger partial charge in [-0.3, -0.25) is 28.9 Å². The Labute approximate surface area is 262 Å². The van der Waals surface area contributed by atoms with Crippen LogP contribution in [0.15, 0.2) is 34.7 Å². The lowest BCUT2D eigenvalue weighted by Gasteiger charge is -2.29. The number of hydrogen-bond acceptors (Lipinski definition) is 9. The minimum atomic E-state index is -0.965. The third-order valence-corrected chi connectivity index (χ3v) is 7.99. The van der Waals surface area contributed by atoms with Gasteiger partial charge in [-0.1, -0.05) is 51.1 Å². The zero-order chi connectivity index (χ0) is 32.5. The van der Waals surface area contributed by atoms with E-state index in [-0.39, 0.29) is 36.7 Å². The maximum Gasteiger partial charge on any atom is 0.243 e. The lowest BCUT2D eigenvalue weighted by atomic mass is 10.0. The standard InChI is InChI=1S/C31H44N8O6/c1-5-23-31-38-37-30(45-31)19(4)34-28(43)22(15-20-10-7-6-8-11-20)36-25(40)16-32-27(42)21(14-18(2)3)35-26(41)17-33-29(44)24-12-9-13-39(23)24/h6-8,10-11,18-19,21-24H,5,9,12-17H2,1-4H3,(H,32,42)(H,33,44)(H,34,43)(H,35,41)(H,36,40)/t19-,21-,22-,23?,24-/m0/s1. The number of benzene rings is 1.